The molecular weight excluding hydrogens is 527 g/mol. The number of likely N-dealkylation sites (tertiary alicyclic amines) is 1. The number of aryl methyl sites for hydroxylation is 1. The Kier molecular flexibility index (Phi) is 9.25. The van der Waals surface area contributed by atoms with Crippen LogP contribution >= 0.6 is 0 Å². The number of carbonyl (C=O) groups is 1. The number of amides is 1. The highest BCUT2D eigenvalue weighted by Crippen LogP contribution is 2.33. The molecule has 9 heteroatoms. The molecule has 2 atom stereocenters. The number of para-hydroxylation sites is 1. The Balaban J connectivity index is 1.23. The second kappa shape index (κ2) is 13.0. The molecule has 0 aliphatic carbocycles. The number of hydrogen-bond donors (Lipinski definition) is 1. The number of piperidine rings is 1. The zero-order chi connectivity index (χ0) is 28.8. The Labute approximate surface area is 240 Å². The fraction of sp³-hybridized carbons (Fsp3) is 0.438. The number of piperazine rings is 1. The van der Waals surface area contributed by atoms with Gasteiger partial charge < -0.3 is 10.2 Å². The van der Waals surface area contributed by atoms with Gasteiger partial charge >= 0.3 is 6.18 Å². The van der Waals surface area contributed by atoms with E-state index in [1.165, 1.54) is 17.7 Å². The fourth-order valence-electron chi connectivity index (χ4n) is 6.19. The van der Waals surface area contributed by atoms with Gasteiger partial charge in [0.25, 0.3) is 0 Å². The van der Waals surface area contributed by atoms with E-state index in [4.69, 9.17) is 0 Å². The summed E-state index contributed by atoms with van der Waals surface area (Å²) in [5.41, 5.74) is 3.08. The maximum Gasteiger partial charge on any atom is 0.416 e. The molecule has 3 aromatic rings. The third-order valence-electron chi connectivity index (χ3n) is 8.39. The van der Waals surface area contributed by atoms with Crippen molar-refractivity contribution in [2.75, 3.05) is 49.5 Å². The molecule has 41 heavy (non-hydrogen) atoms. The number of nitrogens with zero attached hydrogens (tertiary/aromatic N) is 4. The van der Waals surface area contributed by atoms with Crippen LogP contribution < -0.4 is 10.2 Å². The quantitative estimate of drug-likeness (QED) is 0.372. The number of nitrogens with one attached hydrogen (secondary N) is 1. The van der Waals surface area contributed by atoms with E-state index in [9.17, 15) is 18.0 Å². The summed E-state index contributed by atoms with van der Waals surface area (Å²) < 4.78 is 39.8. The highest BCUT2D eigenvalue weighted by Gasteiger charge is 2.35. The molecule has 2 aliphatic rings. The van der Waals surface area contributed by atoms with Crippen LogP contribution in [0, 0.1) is 12.8 Å². The largest absolute Gasteiger partial charge is 0.416 e. The van der Waals surface area contributed by atoms with Gasteiger partial charge in [-0.3, -0.25) is 19.6 Å². The van der Waals surface area contributed by atoms with E-state index in [0.29, 0.717) is 37.2 Å². The van der Waals surface area contributed by atoms with Gasteiger partial charge in [0.15, 0.2) is 0 Å². The minimum atomic E-state index is -4.35. The standard InChI is InChI=1S/C32H38F3N5O/c1-24-6-2-3-10-29(24)37-31(41)12-11-26-23-38(22-25-7-5-14-36-21-25)15-13-30(26)40-18-16-39(17-19-40)28-9-4-8-27(20-28)32(33,34)35/h2-10,14,20-21,26,30H,11-13,15-19,22-23H2,1H3,(H,37,41)/t26-,30+/m0/s1. The molecular formula is C32H38F3N5O. The fourth-order valence-corrected chi connectivity index (χ4v) is 6.19. The molecule has 1 amide bonds. The molecule has 0 saturated carbocycles. The summed E-state index contributed by atoms with van der Waals surface area (Å²) in [5, 5.41) is 3.07. The second-order valence-corrected chi connectivity index (χ2v) is 11.2. The van der Waals surface area contributed by atoms with Gasteiger partial charge in [-0.1, -0.05) is 30.3 Å². The summed E-state index contributed by atoms with van der Waals surface area (Å²) >= 11 is 0. The Morgan fingerprint density at radius 1 is 1.00 bits per heavy atom. The summed E-state index contributed by atoms with van der Waals surface area (Å²) in [6, 6.07) is 17.8. The predicted octanol–water partition coefficient (Wildman–Crippen LogP) is 5.84. The van der Waals surface area contributed by atoms with E-state index in [1.807, 2.05) is 48.4 Å². The Bertz CT molecular complexity index is 1290. The van der Waals surface area contributed by atoms with Gasteiger partial charge in [0, 0.05) is 75.5 Å². The minimum Gasteiger partial charge on any atom is -0.369 e. The lowest BCUT2D eigenvalue weighted by Crippen LogP contribution is -2.56. The van der Waals surface area contributed by atoms with Gasteiger partial charge in [-0.15, -0.1) is 0 Å². The van der Waals surface area contributed by atoms with E-state index in [1.54, 1.807) is 12.3 Å². The van der Waals surface area contributed by atoms with Crippen molar-refractivity contribution in [2.24, 2.45) is 5.92 Å². The van der Waals surface area contributed by atoms with Crippen molar-refractivity contribution >= 4 is 17.3 Å². The number of halogens is 3. The van der Waals surface area contributed by atoms with E-state index in [0.717, 1.165) is 62.9 Å². The molecule has 218 valence electrons. The number of benzene rings is 2. The lowest BCUT2D eigenvalue weighted by molar-refractivity contribution is -0.137. The van der Waals surface area contributed by atoms with Crippen LogP contribution in [0.25, 0.3) is 0 Å². The van der Waals surface area contributed by atoms with Gasteiger partial charge in [0.1, 0.15) is 0 Å². The van der Waals surface area contributed by atoms with E-state index in [2.05, 4.69) is 26.2 Å². The van der Waals surface area contributed by atoms with E-state index < -0.39 is 11.7 Å². The monoisotopic (exact) mass is 565 g/mol. The molecule has 1 N–H and O–H groups in total. The number of anilines is 2. The topological polar surface area (TPSA) is 51.7 Å². The first kappa shape index (κ1) is 29.1. The number of hydrogen-bond acceptors (Lipinski definition) is 5. The van der Waals surface area contributed by atoms with Crippen molar-refractivity contribution in [1.82, 2.24) is 14.8 Å². The van der Waals surface area contributed by atoms with Crippen molar-refractivity contribution in [3.05, 3.63) is 89.7 Å². The summed E-state index contributed by atoms with van der Waals surface area (Å²) in [7, 11) is 0. The first-order valence-corrected chi connectivity index (χ1v) is 14.4. The number of rotatable bonds is 8. The minimum absolute atomic E-state index is 0.0248. The number of aromatic nitrogens is 1. The molecule has 1 aromatic heterocycles. The summed E-state index contributed by atoms with van der Waals surface area (Å²) in [6.07, 6.45) is 1.56. The van der Waals surface area contributed by atoms with Crippen LogP contribution in [-0.2, 0) is 17.5 Å². The maximum absolute atomic E-state index is 13.3. The number of pyridine rings is 1. The van der Waals surface area contributed by atoms with Crippen LogP contribution in [0.2, 0.25) is 0 Å². The van der Waals surface area contributed by atoms with Crippen molar-refractivity contribution in [3.63, 3.8) is 0 Å². The summed E-state index contributed by atoms with van der Waals surface area (Å²) in [6.45, 7) is 7.60. The zero-order valence-corrected chi connectivity index (χ0v) is 23.5. The number of carbonyl (C=O) groups excluding carboxylic acids is 1. The van der Waals surface area contributed by atoms with E-state index in [-0.39, 0.29) is 5.91 Å². The van der Waals surface area contributed by atoms with Crippen LogP contribution in [0.15, 0.2) is 73.1 Å². The Morgan fingerprint density at radius 2 is 1.80 bits per heavy atom. The smallest absolute Gasteiger partial charge is 0.369 e. The molecule has 0 unspecified atom stereocenters. The third-order valence-corrected chi connectivity index (χ3v) is 8.39. The second-order valence-electron chi connectivity index (χ2n) is 11.2. The zero-order valence-electron chi connectivity index (χ0n) is 23.5. The molecule has 2 saturated heterocycles. The molecule has 2 aliphatic heterocycles. The van der Waals surface area contributed by atoms with Crippen LogP contribution in [0.4, 0.5) is 24.5 Å². The average Bonchev–Trinajstić information content (AvgIpc) is 2.98. The molecule has 2 fully saturated rings. The van der Waals surface area contributed by atoms with Gasteiger partial charge in [-0.05, 0) is 73.7 Å². The molecule has 5 rings (SSSR count). The Morgan fingerprint density at radius 3 is 2.54 bits per heavy atom. The third kappa shape index (κ3) is 7.65. The van der Waals surface area contributed by atoms with Gasteiger partial charge in [-0.25, -0.2) is 0 Å². The summed E-state index contributed by atoms with van der Waals surface area (Å²) in [5.74, 6) is 0.333. The van der Waals surface area contributed by atoms with Crippen molar-refractivity contribution in [3.8, 4) is 0 Å². The van der Waals surface area contributed by atoms with Crippen LogP contribution in [0.5, 0.6) is 0 Å². The predicted molar refractivity (Wildman–Crippen MR) is 156 cm³/mol. The summed E-state index contributed by atoms with van der Waals surface area (Å²) in [4.78, 5) is 24.2. The van der Waals surface area contributed by atoms with Gasteiger partial charge in [0.05, 0.1) is 5.56 Å². The average molecular weight is 566 g/mol. The number of alkyl halides is 3. The highest BCUT2D eigenvalue weighted by molar-refractivity contribution is 5.91. The first-order valence-electron chi connectivity index (χ1n) is 14.4. The van der Waals surface area contributed by atoms with Crippen molar-refractivity contribution < 1.29 is 18.0 Å². The molecule has 0 radical (unpaired) electrons. The molecule has 2 aromatic carbocycles. The first-order chi connectivity index (χ1) is 19.8. The van der Waals surface area contributed by atoms with Crippen LogP contribution in [0.3, 0.4) is 0 Å². The van der Waals surface area contributed by atoms with Crippen LogP contribution in [0.1, 0.15) is 36.0 Å². The molecule has 3 heterocycles. The molecule has 0 bridgehead atoms. The maximum atomic E-state index is 13.3. The lowest BCUT2D eigenvalue weighted by atomic mass is 9.86. The van der Waals surface area contributed by atoms with Gasteiger partial charge in [0.2, 0.25) is 5.91 Å². The molecule has 0 spiro atoms. The van der Waals surface area contributed by atoms with Crippen molar-refractivity contribution in [2.45, 2.75) is 44.9 Å². The van der Waals surface area contributed by atoms with Gasteiger partial charge in [-0.2, -0.15) is 13.2 Å². The lowest BCUT2D eigenvalue weighted by Gasteiger charge is -2.47. The van der Waals surface area contributed by atoms with Crippen LogP contribution in [-0.4, -0.2) is 66.0 Å². The SMILES string of the molecule is Cc1ccccc1NC(=O)CC[C@H]1CN(Cc2cccnc2)CC[C@H]1N1CCN(c2cccc(C(F)(F)F)c2)CC1. The Hall–Kier alpha value is -3.43. The highest BCUT2D eigenvalue weighted by atomic mass is 19.4. The van der Waals surface area contributed by atoms with Crippen molar-refractivity contribution in [1.29, 1.82) is 0 Å². The molecule has 6 nitrogen and oxygen atoms in total. The normalized spacial score (nSPS) is 20.6. The van der Waals surface area contributed by atoms with E-state index >= 15 is 0 Å².